The minimum absolute atomic E-state index is 0.153. The first-order valence-corrected chi connectivity index (χ1v) is 14.3. The van der Waals surface area contributed by atoms with Gasteiger partial charge in [0.25, 0.3) is 0 Å². The van der Waals surface area contributed by atoms with Gasteiger partial charge in [0, 0.05) is 38.0 Å². The molecule has 0 spiro atoms. The molecule has 41 heavy (non-hydrogen) atoms. The van der Waals surface area contributed by atoms with Crippen LogP contribution in [0.5, 0.6) is 0 Å². The fourth-order valence-corrected chi connectivity index (χ4v) is 6.15. The number of ether oxygens (including phenoxy) is 4. The van der Waals surface area contributed by atoms with Gasteiger partial charge in [-0.15, -0.1) is 0 Å². The van der Waals surface area contributed by atoms with Crippen molar-refractivity contribution in [3.8, 4) is 0 Å². The lowest BCUT2D eigenvalue weighted by molar-refractivity contribution is -0.308. The molecular formula is C26H48N6O9. The lowest BCUT2D eigenvalue weighted by Crippen LogP contribution is -2.67. The van der Waals surface area contributed by atoms with Crippen LogP contribution in [0.3, 0.4) is 0 Å². The molecule has 14 N–H and O–H groups in total. The SMILES string of the molecule is CN[C@@H]1[C@@H](O)[C@@H](O[C@H]2[C@H](CC(=O)C3(O)CC3N)C[C@H](N)C(O[C@H]3OC(CN)=CC[C@H]3NCCN)[C@@H]2O)OC[C@]1(C)O. The van der Waals surface area contributed by atoms with E-state index in [1.807, 2.05) is 6.08 Å². The number of nitrogens with one attached hydrogen (secondary N) is 2. The summed E-state index contributed by atoms with van der Waals surface area (Å²) in [6.45, 7) is 2.44. The molecule has 4 aliphatic rings. The first-order valence-electron chi connectivity index (χ1n) is 14.3. The molecular weight excluding hydrogens is 540 g/mol. The smallest absolute Gasteiger partial charge is 0.215 e. The Balaban J connectivity index is 1.55. The number of nitrogens with two attached hydrogens (primary N) is 4. The molecule has 2 heterocycles. The molecule has 0 aromatic carbocycles. The highest BCUT2D eigenvalue weighted by Crippen LogP contribution is 2.41. The van der Waals surface area contributed by atoms with E-state index < -0.39 is 78.0 Å². The van der Waals surface area contributed by atoms with E-state index in [0.717, 1.165) is 0 Å². The second-order valence-corrected chi connectivity index (χ2v) is 12.0. The van der Waals surface area contributed by atoms with Crippen LogP contribution in [-0.4, -0.2) is 132 Å². The average Bonchev–Trinajstić information content (AvgIpc) is 3.56. The normalized spacial score (nSPS) is 46.5. The van der Waals surface area contributed by atoms with Crippen molar-refractivity contribution in [3.63, 3.8) is 0 Å². The minimum Gasteiger partial charge on any atom is -0.467 e. The van der Waals surface area contributed by atoms with Crippen LogP contribution in [0, 0.1) is 5.92 Å². The van der Waals surface area contributed by atoms with Crippen molar-refractivity contribution in [3.05, 3.63) is 11.8 Å². The summed E-state index contributed by atoms with van der Waals surface area (Å²) in [7, 11) is 1.59. The highest BCUT2D eigenvalue weighted by molar-refractivity contribution is 5.91. The van der Waals surface area contributed by atoms with Crippen molar-refractivity contribution in [2.75, 3.05) is 33.3 Å². The second-order valence-electron chi connectivity index (χ2n) is 12.0. The van der Waals surface area contributed by atoms with Gasteiger partial charge in [0.2, 0.25) is 6.29 Å². The maximum Gasteiger partial charge on any atom is 0.215 e. The number of rotatable bonds is 12. The third-order valence-electron chi connectivity index (χ3n) is 8.72. The summed E-state index contributed by atoms with van der Waals surface area (Å²) in [5.74, 6) is -0.592. The third-order valence-corrected chi connectivity index (χ3v) is 8.72. The Morgan fingerprint density at radius 2 is 1.83 bits per heavy atom. The van der Waals surface area contributed by atoms with Crippen LogP contribution in [0.1, 0.15) is 32.6 Å². The summed E-state index contributed by atoms with van der Waals surface area (Å²) in [5, 5.41) is 50.0. The summed E-state index contributed by atoms with van der Waals surface area (Å²) in [6, 6.07) is -2.48. The molecule has 2 saturated carbocycles. The molecule has 15 nitrogen and oxygen atoms in total. The molecule has 0 aromatic heterocycles. The lowest BCUT2D eigenvalue weighted by Gasteiger charge is -2.49. The maximum absolute atomic E-state index is 13.0. The van der Waals surface area contributed by atoms with Gasteiger partial charge in [0.05, 0.1) is 31.3 Å². The fraction of sp³-hybridized carbons (Fsp3) is 0.885. The van der Waals surface area contributed by atoms with Gasteiger partial charge in [-0.3, -0.25) is 4.79 Å². The van der Waals surface area contributed by atoms with Gasteiger partial charge in [-0.05, 0) is 38.8 Å². The van der Waals surface area contributed by atoms with Crippen LogP contribution in [0.25, 0.3) is 0 Å². The number of Topliss-reactive ketones (excluding diaryl/α,β-unsaturated/α-hetero) is 1. The van der Waals surface area contributed by atoms with Crippen molar-refractivity contribution in [1.29, 1.82) is 0 Å². The third kappa shape index (κ3) is 6.93. The molecule has 13 atom stereocenters. The number of carbonyl (C=O) groups is 1. The predicted molar refractivity (Wildman–Crippen MR) is 146 cm³/mol. The number of aliphatic hydroxyl groups excluding tert-OH is 2. The van der Waals surface area contributed by atoms with Crippen LogP contribution in [0.4, 0.5) is 0 Å². The number of hydrogen-bond acceptors (Lipinski definition) is 15. The Kier molecular flexibility index (Phi) is 10.4. The minimum atomic E-state index is -1.62. The highest BCUT2D eigenvalue weighted by Gasteiger charge is 2.58. The summed E-state index contributed by atoms with van der Waals surface area (Å²) >= 11 is 0. The monoisotopic (exact) mass is 588 g/mol. The molecule has 3 unspecified atom stereocenters. The summed E-state index contributed by atoms with van der Waals surface area (Å²) < 4.78 is 24.1. The molecule has 0 bridgehead atoms. The lowest BCUT2D eigenvalue weighted by atomic mass is 9.76. The first kappa shape index (κ1) is 32.6. The van der Waals surface area contributed by atoms with Gasteiger partial charge < -0.3 is 72.9 Å². The molecule has 0 radical (unpaired) electrons. The molecule has 1 saturated heterocycles. The van der Waals surface area contributed by atoms with Crippen LogP contribution >= 0.6 is 0 Å². The molecule has 2 aliphatic carbocycles. The van der Waals surface area contributed by atoms with Crippen molar-refractivity contribution >= 4 is 5.78 Å². The van der Waals surface area contributed by atoms with Gasteiger partial charge in [0.15, 0.2) is 12.1 Å². The van der Waals surface area contributed by atoms with Gasteiger partial charge in [-0.1, -0.05) is 0 Å². The van der Waals surface area contributed by atoms with Gasteiger partial charge in [-0.2, -0.15) is 0 Å². The predicted octanol–water partition coefficient (Wildman–Crippen LogP) is -4.55. The van der Waals surface area contributed by atoms with E-state index in [-0.39, 0.29) is 38.5 Å². The maximum atomic E-state index is 13.0. The van der Waals surface area contributed by atoms with E-state index in [1.165, 1.54) is 6.92 Å². The van der Waals surface area contributed by atoms with E-state index in [4.69, 9.17) is 41.9 Å². The standard InChI is InChI=1S/C26H48N6O9/c1-25(36)11-38-24(19(35)22(25)31-2)40-20-12(8-17(33)26(37)9-16(26)30)7-14(29)21(18(20)34)41-23-15(32-6-5-27)4-3-13(10-28)39-23/h3,12,14-16,18-24,31-32,34-37H,4-11,27-30H2,1-2H3/t12-,14-,15+,16?,18+,19+,20-,21?,22+,23+,24+,25-,26?/m0/s1. The molecule has 0 aromatic rings. The zero-order valence-electron chi connectivity index (χ0n) is 23.7. The molecule has 0 amide bonds. The zero-order valence-corrected chi connectivity index (χ0v) is 23.7. The van der Waals surface area contributed by atoms with Crippen LogP contribution in [0.2, 0.25) is 0 Å². The highest BCUT2D eigenvalue weighted by atomic mass is 16.7. The van der Waals surface area contributed by atoms with Crippen molar-refractivity contribution in [1.82, 2.24) is 10.6 Å². The number of aliphatic hydroxyl groups is 4. The quantitative estimate of drug-likeness (QED) is 0.103. The second kappa shape index (κ2) is 13.1. The Hall–Kier alpha value is -1.31. The Morgan fingerprint density at radius 1 is 1.15 bits per heavy atom. The van der Waals surface area contributed by atoms with Crippen LogP contribution in [0.15, 0.2) is 11.8 Å². The fourth-order valence-electron chi connectivity index (χ4n) is 6.15. The van der Waals surface area contributed by atoms with E-state index in [0.29, 0.717) is 25.3 Å². The number of carbonyl (C=O) groups excluding carboxylic acids is 1. The average molecular weight is 589 g/mol. The van der Waals surface area contributed by atoms with Gasteiger partial charge in [0.1, 0.15) is 35.3 Å². The Bertz CT molecular complexity index is 943. The van der Waals surface area contributed by atoms with Crippen molar-refractivity contribution in [2.45, 2.75) is 105 Å². The van der Waals surface area contributed by atoms with E-state index in [1.54, 1.807) is 7.05 Å². The summed E-state index contributed by atoms with van der Waals surface area (Å²) in [6.07, 6.45) is -4.28. The summed E-state index contributed by atoms with van der Waals surface area (Å²) in [5.41, 5.74) is 20.8. The Morgan fingerprint density at radius 3 is 2.44 bits per heavy atom. The van der Waals surface area contributed by atoms with Crippen LogP contribution in [-0.2, 0) is 23.7 Å². The van der Waals surface area contributed by atoms with E-state index in [2.05, 4.69) is 10.6 Å². The molecule has 2 aliphatic heterocycles. The number of ketones is 1. The molecule has 15 heteroatoms. The van der Waals surface area contributed by atoms with Crippen LogP contribution < -0.4 is 33.6 Å². The van der Waals surface area contributed by atoms with Gasteiger partial charge >= 0.3 is 0 Å². The van der Waals surface area contributed by atoms with E-state index in [9.17, 15) is 25.2 Å². The summed E-state index contributed by atoms with van der Waals surface area (Å²) in [4.78, 5) is 13.0. The molecule has 3 fully saturated rings. The van der Waals surface area contributed by atoms with Gasteiger partial charge in [-0.25, -0.2) is 0 Å². The number of likely N-dealkylation sites (N-methyl/N-ethyl adjacent to an activating group) is 1. The largest absolute Gasteiger partial charge is 0.467 e. The zero-order chi connectivity index (χ0) is 30.1. The molecule has 4 rings (SSSR count). The Labute approximate surface area is 239 Å². The van der Waals surface area contributed by atoms with Crippen molar-refractivity contribution < 1.29 is 44.2 Å². The molecule has 236 valence electrons. The first-order chi connectivity index (χ1) is 19.4. The van der Waals surface area contributed by atoms with E-state index >= 15 is 0 Å². The van der Waals surface area contributed by atoms with Crippen molar-refractivity contribution in [2.24, 2.45) is 28.9 Å². The number of hydrogen-bond donors (Lipinski definition) is 10. The topological polar surface area (TPSA) is 263 Å².